The molecule has 1 atom stereocenters. The number of thiophene rings is 1. The number of likely N-dealkylation sites (tertiary alicyclic amines) is 1. The lowest BCUT2D eigenvalue weighted by molar-refractivity contribution is -0.132. The average molecular weight is 237 g/mol. The molecule has 1 fully saturated rings. The third-order valence-electron chi connectivity index (χ3n) is 3.18. The predicted octanol–water partition coefficient (Wildman–Crippen LogP) is 2.94. The van der Waals surface area contributed by atoms with E-state index in [0.29, 0.717) is 18.2 Å². The Morgan fingerprint density at radius 1 is 1.62 bits per heavy atom. The Kier molecular flexibility index (Phi) is 3.99. The summed E-state index contributed by atoms with van der Waals surface area (Å²) in [5, 5.41) is 2.07. The average Bonchev–Trinajstić information content (AvgIpc) is 2.78. The van der Waals surface area contributed by atoms with Gasteiger partial charge in [-0.2, -0.15) is 0 Å². The first-order chi connectivity index (χ1) is 7.75. The Bertz CT molecular complexity index is 334. The third-order valence-corrected chi connectivity index (χ3v) is 4.11. The number of rotatable bonds is 3. The molecule has 0 aliphatic carbocycles. The van der Waals surface area contributed by atoms with Crippen LogP contribution >= 0.6 is 11.3 Å². The molecule has 1 aliphatic heterocycles. The third kappa shape index (κ3) is 3.08. The maximum Gasteiger partial charge on any atom is 0.222 e. The van der Waals surface area contributed by atoms with E-state index in [1.807, 2.05) is 11.0 Å². The van der Waals surface area contributed by atoms with Crippen molar-refractivity contribution in [1.82, 2.24) is 4.90 Å². The smallest absolute Gasteiger partial charge is 0.222 e. The molecule has 2 nitrogen and oxygen atoms in total. The highest BCUT2D eigenvalue weighted by Crippen LogP contribution is 2.17. The van der Waals surface area contributed by atoms with Crippen molar-refractivity contribution in [2.75, 3.05) is 13.1 Å². The molecule has 1 saturated heterocycles. The monoisotopic (exact) mass is 237 g/mol. The minimum atomic E-state index is 0.333. The first kappa shape index (κ1) is 11.6. The molecular formula is C13H19NOS. The molecule has 1 aromatic rings. The maximum absolute atomic E-state index is 12.0. The van der Waals surface area contributed by atoms with E-state index >= 15 is 0 Å². The second kappa shape index (κ2) is 5.48. The topological polar surface area (TPSA) is 20.3 Å². The molecule has 0 bridgehead atoms. The van der Waals surface area contributed by atoms with Crippen molar-refractivity contribution in [3.8, 4) is 0 Å². The van der Waals surface area contributed by atoms with Crippen LogP contribution in [-0.4, -0.2) is 23.9 Å². The number of hydrogen-bond donors (Lipinski definition) is 0. The molecule has 0 saturated carbocycles. The summed E-state index contributed by atoms with van der Waals surface area (Å²) in [6, 6.07) is 4.16. The normalized spacial score (nSPS) is 21.1. The first-order valence-corrected chi connectivity index (χ1v) is 6.94. The summed E-state index contributed by atoms with van der Waals surface area (Å²) in [6.45, 7) is 4.16. The van der Waals surface area contributed by atoms with Gasteiger partial charge in [-0.15, -0.1) is 11.3 Å². The van der Waals surface area contributed by atoms with Crippen molar-refractivity contribution in [2.45, 2.75) is 32.6 Å². The summed E-state index contributed by atoms with van der Waals surface area (Å²) in [6.07, 6.45) is 4.02. The second-order valence-corrected chi connectivity index (χ2v) is 5.70. The molecule has 1 aromatic heterocycles. The number of carbonyl (C=O) groups is 1. The van der Waals surface area contributed by atoms with E-state index in [1.165, 1.54) is 17.7 Å². The van der Waals surface area contributed by atoms with Gasteiger partial charge in [0.15, 0.2) is 0 Å². The number of piperidine rings is 1. The van der Waals surface area contributed by atoms with Gasteiger partial charge in [0.2, 0.25) is 5.91 Å². The largest absolute Gasteiger partial charge is 0.342 e. The summed E-state index contributed by atoms with van der Waals surface area (Å²) in [4.78, 5) is 15.3. The van der Waals surface area contributed by atoms with Crippen molar-refractivity contribution >= 4 is 17.2 Å². The molecule has 3 heteroatoms. The minimum absolute atomic E-state index is 0.333. The molecule has 88 valence electrons. The summed E-state index contributed by atoms with van der Waals surface area (Å²) in [5.41, 5.74) is 0. The SMILES string of the molecule is C[C@H]1CCCN(C(=O)CCc2cccs2)C1. The number of nitrogens with zero attached hydrogens (tertiary/aromatic N) is 1. The fourth-order valence-corrected chi connectivity index (χ4v) is 2.97. The lowest BCUT2D eigenvalue weighted by Gasteiger charge is -2.31. The minimum Gasteiger partial charge on any atom is -0.342 e. The zero-order chi connectivity index (χ0) is 11.4. The molecule has 2 rings (SSSR count). The van der Waals surface area contributed by atoms with Crippen LogP contribution in [0.4, 0.5) is 0 Å². The van der Waals surface area contributed by atoms with Gasteiger partial charge in [0.25, 0.3) is 0 Å². The predicted molar refractivity (Wildman–Crippen MR) is 67.6 cm³/mol. The van der Waals surface area contributed by atoms with E-state index in [2.05, 4.69) is 18.4 Å². The number of amides is 1. The number of hydrogen-bond acceptors (Lipinski definition) is 2. The van der Waals surface area contributed by atoms with Crippen molar-refractivity contribution in [3.05, 3.63) is 22.4 Å². The first-order valence-electron chi connectivity index (χ1n) is 6.06. The molecule has 2 heterocycles. The standard InChI is InChI=1S/C13H19NOS/c1-11-4-2-8-14(10-11)13(15)7-6-12-5-3-9-16-12/h3,5,9,11H,2,4,6-8,10H2,1H3/t11-/m0/s1. The van der Waals surface area contributed by atoms with Gasteiger partial charge in [0.05, 0.1) is 0 Å². The summed E-state index contributed by atoms with van der Waals surface area (Å²) < 4.78 is 0. The van der Waals surface area contributed by atoms with Crippen molar-refractivity contribution < 1.29 is 4.79 Å². The quantitative estimate of drug-likeness (QED) is 0.791. The van der Waals surface area contributed by atoms with Crippen LogP contribution in [0.5, 0.6) is 0 Å². The van der Waals surface area contributed by atoms with E-state index in [-0.39, 0.29) is 0 Å². The van der Waals surface area contributed by atoms with E-state index in [0.717, 1.165) is 19.5 Å². The lowest BCUT2D eigenvalue weighted by atomic mass is 10.00. The van der Waals surface area contributed by atoms with Gasteiger partial charge in [0.1, 0.15) is 0 Å². The van der Waals surface area contributed by atoms with E-state index < -0.39 is 0 Å². The van der Waals surface area contributed by atoms with Gasteiger partial charge in [0, 0.05) is 24.4 Å². The highest BCUT2D eigenvalue weighted by Gasteiger charge is 2.20. The van der Waals surface area contributed by atoms with Crippen LogP contribution in [0.2, 0.25) is 0 Å². The van der Waals surface area contributed by atoms with Crippen molar-refractivity contribution in [3.63, 3.8) is 0 Å². The fourth-order valence-electron chi connectivity index (χ4n) is 2.26. The zero-order valence-corrected chi connectivity index (χ0v) is 10.6. The van der Waals surface area contributed by atoms with Crippen molar-refractivity contribution in [2.24, 2.45) is 5.92 Å². The van der Waals surface area contributed by atoms with Crippen LogP contribution in [0, 0.1) is 5.92 Å². The molecule has 0 radical (unpaired) electrons. The molecule has 0 spiro atoms. The number of aryl methyl sites for hydroxylation is 1. The second-order valence-electron chi connectivity index (χ2n) is 4.67. The lowest BCUT2D eigenvalue weighted by Crippen LogP contribution is -2.39. The fraction of sp³-hybridized carbons (Fsp3) is 0.615. The van der Waals surface area contributed by atoms with Gasteiger partial charge in [-0.25, -0.2) is 0 Å². The van der Waals surface area contributed by atoms with Gasteiger partial charge in [-0.1, -0.05) is 13.0 Å². The molecule has 0 unspecified atom stereocenters. The van der Waals surface area contributed by atoms with Crippen LogP contribution < -0.4 is 0 Å². The highest BCUT2D eigenvalue weighted by molar-refractivity contribution is 7.09. The van der Waals surface area contributed by atoms with Crippen LogP contribution in [-0.2, 0) is 11.2 Å². The Morgan fingerprint density at radius 2 is 2.50 bits per heavy atom. The molecule has 16 heavy (non-hydrogen) atoms. The van der Waals surface area contributed by atoms with Crippen LogP contribution in [0.3, 0.4) is 0 Å². The van der Waals surface area contributed by atoms with Crippen LogP contribution in [0.25, 0.3) is 0 Å². The summed E-state index contributed by atoms with van der Waals surface area (Å²) in [7, 11) is 0. The Balaban J connectivity index is 1.79. The van der Waals surface area contributed by atoms with Crippen LogP contribution in [0.15, 0.2) is 17.5 Å². The molecule has 0 N–H and O–H groups in total. The van der Waals surface area contributed by atoms with E-state index in [9.17, 15) is 4.79 Å². The number of carbonyl (C=O) groups excluding carboxylic acids is 1. The van der Waals surface area contributed by atoms with Gasteiger partial charge >= 0.3 is 0 Å². The van der Waals surface area contributed by atoms with Crippen LogP contribution in [0.1, 0.15) is 31.1 Å². The van der Waals surface area contributed by atoms with E-state index in [4.69, 9.17) is 0 Å². The molecule has 0 aromatic carbocycles. The summed E-state index contributed by atoms with van der Waals surface area (Å²) in [5.74, 6) is 1.01. The molecule has 1 amide bonds. The Labute approximate surface area is 101 Å². The Hall–Kier alpha value is -0.830. The molecule has 1 aliphatic rings. The summed E-state index contributed by atoms with van der Waals surface area (Å²) >= 11 is 1.74. The molecular weight excluding hydrogens is 218 g/mol. The zero-order valence-electron chi connectivity index (χ0n) is 9.82. The van der Waals surface area contributed by atoms with Gasteiger partial charge < -0.3 is 4.90 Å². The maximum atomic E-state index is 12.0. The van der Waals surface area contributed by atoms with Gasteiger partial charge in [-0.05, 0) is 36.6 Å². The Morgan fingerprint density at radius 3 is 3.19 bits per heavy atom. The van der Waals surface area contributed by atoms with E-state index in [1.54, 1.807) is 11.3 Å². The van der Waals surface area contributed by atoms with Crippen molar-refractivity contribution in [1.29, 1.82) is 0 Å². The highest BCUT2D eigenvalue weighted by atomic mass is 32.1. The van der Waals surface area contributed by atoms with Gasteiger partial charge in [-0.3, -0.25) is 4.79 Å².